The fraction of sp³-hybridized carbons (Fsp3) is 0.0556. The van der Waals surface area contributed by atoms with E-state index >= 15 is 0 Å². The maximum atomic E-state index is 12.6. The van der Waals surface area contributed by atoms with Gasteiger partial charge in [-0.25, -0.2) is 8.42 Å². The molecule has 31 heavy (non-hydrogen) atoms. The number of hydrogen-bond acceptors (Lipinski definition) is 9. The van der Waals surface area contributed by atoms with Crippen molar-refractivity contribution >= 4 is 38.5 Å². The average Bonchev–Trinajstić information content (AvgIpc) is 3.21. The molecule has 0 aliphatic carbocycles. The fourth-order valence-corrected chi connectivity index (χ4v) is 3.21. The quantitative estimate of drug-likeness (QED) is 0.402. The summed E-state index contributed by atoms with van der Waals surface area (Å²) >= 11 is 0. The highest BCUT2D eigenvalue weighted by atomic mass is 32.2. The topological polar surface area (TPSA) is 169 Å². The Kier molecular flexibility index (Phi) is 5.09. The Bertz CT molecular complexity index is 1420. The number of rotatable bonds is 6. The lowest BCUT2D eigenvalue weighted by molar-refractivity contribution is 0.0996. The molecule has 158 valence electrons. The van der Waals surface area contributed by atoms with E-state index in [1.807, 2.05) is 0 Å². The highest BCUT2D eigenvalue weighted by Gasteiger charge is 2.18. The number of para-hydroxylation sites is 1. The first-order chi connectivity index (χ1) is 14.8. The molecule has 2 aromatic carbocycles. The number of H-pyrrole nitrogens is 1. The molecule has 2 aromatic heterocycles. The molecule has 0 radical (unpaired) electrons. The molecule has 0 spiro atoms. The zero-order chi connectivity index (χ0) is 22.0. The third-order valence-corrected chi connectivity index (χ3v) is 4.48. The second kappa shape index (κ2) is 7.87. The molecule has 1 amide bonds. The maximum Gasteiger partial charge on any atom is 0.293 e. The Morgan fingerprint density at radius 2 is 1.94 bits per heavy atom. The summed E-state index contributed by atoms with van der Waals surface area (Å²) in [5.74, 6) is -0.718. The van der Waals surface area contributed by atoms with Gasteiger partial charge in [-0.3, -0.25) is 19.6 Å². The van der Waals surface area contributed by atoms with Crippen LogP contribution >= 0.6 is 0 Å². The molecule has 0 saturated carbocycles. The van der Waals surface area contributed by atoms with Gasteiger partial charge in [-0.1, -0.05) is 23.3 Å². The largest absolute Gasteiger partial charge is 0.455 e. The molecular weight excluding hydrogens is 428 g/mol. The number of tetrazole rings is 1. The Morgan fingerprint density at radius 1 is 1.16 bits per heavy atom. The summed E-state index contributed by atoms with van der Waals surface area (Å²) in [4.78, 5) is 25.0. The summed E-state index contributed by atoms with van der Waals surface area (Å²) in [6, 6.07) is 12.2. The minimum absolute atomic E-state index is 0.0257. The van der Waals surface area contributed by atoms with E-state index in [1.165, 1.54) is 12.1 Å². The number of anilines is 2. The molecule has 13 heteroatoms. The van der Waals surface area contributed by atoms with Crippen molar-refractivity contribution < 1.29 is 22.4 Å². The monoisotopic (exact) mass is 442 g/mol. The smallest absolute Gasteiger partial charge is 0.293 e. The number of ether oxygens (including phenoxy) is 1. The van der Waals surface area contributed by atoms with Gasteiger partial charge in [0, 0.05) is 12.1 Å². The van der Waals surface area contributed by atoms with E-state index in [0.29, 0.717) is 5.75 Å². The molecule has 0 aliphatic heterocycles. The standard InChI is InChI=1S/C18H14N6O6S/c1-31(27,28)22-12-8-14-11(7-15(12)29-10-5-3-2-4-6-10)13(25)9-16(30-14)17(26)19-18-20-23-24-21-18/h2-9,22H,1H3,(H2,19,20,21,23,24,26). The van der Waals surface area contributed by atoms with Crippen molar-refractivity contribution in [3.8, 4) is 11.5 Å². The van der Waals surface area contributed by atoms with Gasteiger partial charge in [0.2, 0.25) is 10.0 Å². The molecule has 4 rings (SSSR count). The van der Waals surface area contributed by atoms with E-state index in [-0.39, 0.29) is 34.1 Å². The SMILES string of the molecule is CS(=O)(=O)Nc1cc2oc(C(=O)Nc3nn[nH]n3)cc(=O)c2cc1Oc1ccccc1. The number of aromatic amines is 1. The van der Waals surface area contributed by atoms with Crippen molar-refractivity contribution in [2.75, 3.05) is 16.3 Å². The van der Waals surface area contributed by atoms with Gasteiger partial charge in [0.05, 0.1) is 17.3 Å². The first-order valence-electron chi connectivity index (χ1n) is 8.66. The van der Waals surface area contributed by atoms with Crippen LogP contribution < -0.4 is 20.2 Å². The summed E-state index contributed by atoms with van der Waals surface area (Å²) in [6.07, 6.45) is 0.967. The number of benzene rings is 2. The predicted octanol–water partition coefficient (Wildman–Crippen LogP) is 1.72. The van der Waals surface area contributed by atoms with Crippen LogP contribution in [0.4, 0.5) is 11.6 Å². The Labute approximate surface area is 174 Å². The van der Waals surface area contributed by atoms with E-state index in [0.717, 1.165) is 12.3 Å². The summed E-state index contributed by atoms with van der Waals surface area (Å²) in [5.41, 5.74) is -0.543. The van der Waals surface area contributed by atoms with Gasteiger partial charge >= 0.3 is 0 Å². The van der Waals surface area contributed by atoms with Crippen molar-refractivity contribution in [3.05, 3.63) is 64.5 Å². The molecule has 12 nitrogen and oxygen atoms in total. The molecule has 0 aliphatic rings. The van der Waals surface area contributed by atoms with E-state index in [2.05, 4.69) is 30.7 Å². The van der Waals surface area contributed by atoms with Gasteiger partial charge in [0.1, 0.15) is 11.3 Å². The van der Waals surface area contributed by atoms with Crippen molar-refractivity contribution in [1.82, 2.24) is 20.6 Å². The number of aromatic nitrogens is 4. The third-order valence-electron chi connectivity index (χ3n) is 3.89. The first-order valence-corrected chi connectivity index (χ1v) is 10.5. The molecule has 0 fully saturated rings. The van der Waals surface area contributed by atoms with Gasteiger partial charge in [0.25, 0.3) is 11.9 Å². The summed E-state index contributed by atoms with van der Waals surface area (Å²) in [7, 11) is -3.69. The van der Waals surface area contributed by atoms with Gasteiger partial charge in [-0.05, 0) is 23.4 Å². The van der Waals surface area contributed by atoms with Crippen LogP contribution in [0.3, 0.4) is 0 Å². The molecule has 0 saturated heterocycles. The Balaban J connectivity index is 1.79. The molecule has 0 atom stereocenters. The number of carbonyl (C=O) groups is 1. The van der Waals surface area contributed by atoms with E-state index in [4.69, 9.17) is 9.15 Å². The molecule has 0 unspecified atom stereocenters. The predicted molar refractivity (Wildman–Crippen MR) is 110 cm³/mol. The van der Waals surface area contributed by atoms with Crippen molar-refractivity contribution in [2.24, 2.45) is 0 Å². The van der Waals surface area contributed by atoms with Gasteiger partial charge in [-0.15, -0.1) is 5.10 Å². The lowest BCUT2D eigenvalue weighted by atomic mass is 10.2. The number of nitrogens with zero attached hydrogens (tertiary/aromatic N) is 3. The number of amides is 1. The van der Waals surface area contributed by atoms with E-state index in [9.17, 15) is 18.0 Å². The number of fused-ring (bicyclic) bond motifs is 1. The van der Waals surface area contributed by atoms with Crippen LogP contribution in [0, 0.1) is 0 Å². The van der Waals surface area contributed by atoms with Crippen molar-refractivity contribution in [3.63, 3.8) is 0 Å². The van der Waals surface area contributed by atoms with Crippen LogP contribution in [0.5, 0.6) is 11.5 Å². The minimum atomic E-state index is -3.69. The van der Waals surface area contributed by atoms with Crippen LogP contribution in [0.1, 0.15) is 10.6 Å². The highest BCUT2D eigenvalue weighted by molar-refractivity contribution is 7.92. The summed E-state index contributed by atoms with van der Waals surface area (Å²) < 4.78 is 37.2. The number of nitrogens with one attached hydrogen (secondary N) is 3. The minimum Gasteiger partial charge on any atom is -0.455 e. The third kappa shape index (κ3) is 4.67. The van der Waals surface area contributed by atoms with Crippen LogP contribution in [0.15, 0.2) is 57.7 Å². The van der Waals surface area contributed by atoms with Crippen molar-refractivity contribution in [1.29, 1.82) is 0 Å². The van der Waals surface area contributed by atoms with Gasteiger partial charge < -0.3 is 9.15 Å². The van der Waals surface area contributed by atoms with Crippen LogP contribution in [0.25, 0.3) is 11.0 Å². The second-order valence-corrected chi connectivity index (χ2v) is 8.05. The summed E-state index contributed by atoms with van der Waals surface area (Å²) in [5, 5.41) is 15.0. The molecule has 0 bridgehead atoms. The Hall–Kier alpha value is -4.26. The zero-order valence-corrected chi connectivity index (χ0v) is 16.6. The molecule has 4 aromatic rings. The maximum absolute atomic E-state index is 12.6. The molecule has 3 N–H and O–H groups in total. The normalized spacial score (nSPS) is 11.3. The lowest BCUT2D eigenvalue weighted by Gasteiger charge is -2.13. The highest BCUT2D eigenvalue weighted by Crippen LogP contribution is 2.34. The fourth-order valence-electron chi connectivity index (χ4n) is 2.65. The molecular formula is C18H14N6O6S. The second-order valence-electron chi connectivity index (χ2n) is 6.30. The van der Waals surface area contributed by atoms with Crippen LogP contribution in [0.2, 0.25) is 0 Å². The number of sulfonamides is 1. The van der Waals surface area contributed by atoms with Crippen LogP contribution in [-0.2, 0) is 10.0 Å². The van der Waals surface area contributed by atoms with E-state index in [1.54, 1.807) is 30.3 Å². The number of carbonyl (C=O) groups excluding carboxylic acids is 1. The summed E-state index contributed by atoms with van der Waals surface area (Å²) in [6.45, 7) is 0. The lowest BCUT2D eigenvalue weighted by Crippen LogP contribution is -2.16. The average molecular weight is 442 g/mol. The zero-order valence-electron chi connectivity index (χ0n) is 15.8. The number of hydrogen-bond donors (Lipinski definition) is 3. The Morgan fingerprint density at radius 3 is 2.61 bits per heavy atom. The van der Waals surface area contributed by atoms with Gasteiger partial charge in [0.15, 0.2) is 16.9 Å². The van der Waals surface area contributed by atoms with Gasteiger partial charge in [-0.2, -0.15) is 5.21 Å². The van der Waals surface area contributed by atoms with Crippen molar-refractivity contribution in [2.45, 2.75) is 0 Å². The van der Waals surface area contributed by atoms with E-state index < -0.39 is 21.4 Å². The first kappa shape index (κ1) is 20.0. The van der Waals surface area contributed by atoms with Crippen LogP contribution in [-0.4, -0.2) is 41.2 Å². The molecule has 2 heterocycles.